The number of aromatic amines is 1. The van der Waals surface area contributed by atoms with Crippen LogP contribution in [0.3, 0.4) is 0 Å². The van der Waals surface area contributed by atoms with E-state index in [9.17, 15) is 15.0 Å². The van der Waals surface area contributed by atoms with Crippen molar-refractivity contribution < 1.29 is 15.0 Å². The maximum absolute atomic E-state index is 13.4. The number of nitrogens with one attached hydrogen (secondary N) is 1. The Morgan fingerprint density at radius 3 is 2.62 bits per heavy atom. The van der Waals surface area contributed by atoms with Gasteiger partial charge in [0.15, 0.2) is 5.16 Å². The standard InChI is InChI=1S/C25H20N4O3S2/c1-33-25-27-22(20-8-10-26-23(20)28-25)16-2-4-17(5-3-16)29(13-15-9-11-34-14-15)24(32)19-7-6-18(30)12-21(19)31/h2-12,14,30-31H,13H2,1H3,(H,26,27,28). The van der Waals surface area contributed by atoms with Crippen LogP contribution in [0.2, 0.25) is 0 Å². The molecule has 0 atom stereocenters. The molecule has 0 saturated carbocycles. The van der Waals surface area contributed by atoms with E-state index >= 15 is 0 Å². The Morgan fingerprint density at radius 1 is 1.09 bits per heavy atom. The highest BCUT2D eigenvalue weighted by Gasteiger charge is 2.22. The molecular weight excluding hydrogens is 468 g/mol. The van der Waals surface area contributed by atoms with Gasteiger partial charge in [0.25, 0.3) is 5.91 Å². The van der Waals surface area contributed by atoms with Gasteiger partial charge >= 0.3 is 0 Å². The van der Waals surface area contributed by atoms with Crippen LogP contribution in [0.4, 0.5) is 5.69 Å². The molecule has 0 spiro atoms. The highest BCUT2D eigenvalue weighted by atomic mass is 32.2. The number of carbonyl (C=O) groups is 1. The summed E-state index contributed by atoms with van der Waals surface area (Å²) in [7, 11) is 0. The van der Waals surface area contributed by atoms with E-state index in [1.807, 2.05) is 59.6 Å². The number of fused-ring (bicyclic) bond motifs is 1. The number of phenolic OH excluding ortho intramolecular Hbond substituents is 2. The fourth-order valence-electron chi connectivity index (χ4n) is 3.72. The summed E-state index contributed by atoms with van der Waals surface area (Å²) in [5.41, 5.74) is 4.27. The van der Waals surface area contributed by atoms with Crippen LogP contribution in [0, 0.1) is 0 Å². The third-order valence-electron chi connectivity index (χ3n) is 5.41. The number of anilines is 1. The van der Waals surface area contributed by atoms with Gasteiger partial charge in [0.05, 0.1) is 17.8 Å². The lowest BCUT2D eigenvalue weighted by Crippen LogP contribution is -2.30. The molecule has 3 N–H and O–H groups in total. The summed E-state index contributed by atoms with van der Waals surface area (Å²) in [6.07, 6.45) is 3.77. The molecule has 7 nitrogen and oxygen atoms in total. The van der Waals surface area contributed by atoms with E-state index in [-0.39, 0.29) is 23.0 Å². The molecule has 0 radical (unpaired) electrons. The molecule has 0 saturated heterocycles. The molecule has 0 aliphatic heterocycles. The third-order valence-corrected chi connectivity index (χ3v) is 6.69. The summed E-state index contributed by atoms with van der Waals surface area (Å²) in [6.45, 7) is 0.341. The Kier molecular flexibility index (Phi) is 5.95. The number of benzene rings is 2. The van der Waals surface area contributed by atoms with E-state index in [0.717, 1.165) is 27.9 Å². The fourth-order valence-corrected chi connectivity index (χ4v) is 4.75. The van der Waals surface area contributed by atoms with Crippen LogP contribution in [0.1, 0.15) is 15.9 Å². The summed E-state index contributed by atoms with van der Waals surface area (Å²) in [5.74, 6) is -0.734. The number of aromatic hydroxyl groups is 2. The lowest BCUT2D eigenvalue weighted by molar-refractivity contribution is 0.0982. The predicted octanol–water partition coefficient (Wildman–Crippen LogP) is 5.67. The minimum Gasteiger partial charge on any atom is -0.508 e. The molecule has 1 amide bonds. The van der Waals surface area contributed by atoms with Crippen LogP contribution in [0.5, 0.6) is 11.5 Å². The largest absolute Gasteiger partial charge is 0.508 e. The number of phenols is 2. The number of hydrogen-bond donors (Lipinski definition) is 3. The minimum absolute atomic E-state index is 0.103. The zero-order valence-electron chi connectivity index (χ0n) is 18.1. The third kappa shape index (κ3) is 4.23. The van der Waals surface area contributed by atoms with E-state index in [1.54, 1.807) is 16.2 Å². The number of rotatable bonds is 6. The first-order valence-corrected chi connectivity index (χ1v) is 12.5. The first-order valence-electron chi connectivity index (χ1n) is 10.4. The zero-order chi connectivity index (χ0) is 23.7. The van der Waals surface area contributed by atoms with Gasteiger partial charge in [0.1, 0.15) is 17.1 Å². The SMILES string of the molecule is CSc1nc(-c2ccc(N(Cc3ccsc3)C(=O)c3ccc(O)cc3O)cc2)c2cc[nH]c2n1. The maximum atomic E-state index is 13.4. The van der Waals surface area contributed by atoms with Crippen molar-refractivity contribution in [2.24, 2.45) is 0 Å². The summed E-state index contributed by atoms with van der Waals surface area (Å²) >= 11 is 3.03. The highest BCUT2D eigenvalue weighted by molar-refractivity contribution is 7.98. The van der Waals surface area contributed by atoms with Crippen LogP contribution in [-0.2, 0) is 6.54 Å². The second-order valence-corrected chi connectivity index (χ2v) is 9.12. The van der Waals surface area contributed by atoms with Crippen molar-refractivity contribution in [2.45, 2.75) is 11.7 Å². The minimum atomic E-state index is -0.365. The number of amides is 1. The molecule has 3 aromatic heterocycles. The molecule has 5 aromatic rings. The van der Waals surface area contributed by atoms with Gasteiger partial charge in [0.2, 0.25) is 0 Å². The molecule has 0 bridgehead atoms. The topological polar surface area (TPSA) is 102 Å². The van der Waals surface area contributed by atoms with E-state index in [4.69, 9.17) is 4.98 Å². The monoisotopic (exact) mass is 488 g/mol. The molecule has 170 valence electrons. The van der Waals surface area contributed by atoms with Gasteiger partial charge in [-0.1, -0.05) is 23.9 Å². The Balaban J connectivity index is 1.54. The molecule has 3 heterocycles. The second-order valence-electron chi connectivity index (χ2n) is 7.57. The smallest absolute Gasteiger partial charge is 0.262 e. The molecule has 5 rings (SSSR count). The molecule has 0 fully saturated rings. The van der Waals surface area contributed by atoms with Gasteiger partial charge in [-0.25, -0.2) is 9.97 Å². The van der Waals surface area contributed by atoms with Crippen LogP contribution in [0.15, 0.2) is 76.7 Å². The predicted molar refractivity (Wildman–Crippen MR) is 136 cm³/mol. The van der Waals surface area contributed by atoms with E-state index < -0.39 is 0 Å². The Bertz CT molecular complexity index is 1460. The van der Waals surface area contributed by atoms with E-state index in [2.05, 4.69) is 9.97 Å². The Morgan fingerprint density at radius 2 is 1.91 bits per heavy atom. The number of hydrogen-bond acceptors (Lipinski definition) is 7. The number of thiophene rings is 1. The van der Waals surface area contributed by atoms with Crippen LogP contribution in [-0.4, -0.2) is 37.3 Å². The molecule has 9 heteroatoms. The number of nitrogens with zero attached hydrogens (tertiary/aromatic N) is 3. The normalized spacial score (nSPS) is 11.1. The van der Waals surface area contributed by atoms with Gasteiger partial charge in [-0.15, -0.1) is 0 Å². The number of aromatic nitrogens is 3. The number of carbonyl (C=O) groups excluding carboxylic acids is 1. The number of H-pyrrole nitrogens is 1. The van der Waals surface area contributed by atoms with E-state index in [1.165, 1.54) is 30.0 Å². The Hall–Kier alpha value is -3.82. The average molecular weight is 489 g/mol. The number of thioether (sulfide) groups is 1. The van der Waals surface area contributed by atoms with Crippen molar-refractivity contribution in [1.29, 1.82) is 0 Å². The van der Waals surface area contributed by atoms with Crippen molar-refractivity contribution in [3.8, 4) is 22.8 Å². The molecule has 0 unspecified atom stereocenters. The fraction of sp³-hybridized carbons (Fsp3) is 0.0800. The Labute approximate surface area is 203 Å². The lowest BCUT2D eigenvalue weighted by atomic mass is 10.1. The summed E-state index contributed by atoms with van der Waals surface area (Å²) in [6, 6.07) is 15.5. The average Bonchev–Trinajstić information content (AvgIpc) is 3.53. The maximum Gasteiger partial charge on any atom is 0.262 e. The van der Waals surface area contributed by atoms with Crippen molar-refractivity contribution in [3.63, 3.8) is 0 Å². The molecule has 34 heavy (non-hydrogen) atoms. The van der Waals surface area contributed by atoms with Crippen LogP contribution >= 0.6 is 23.1 Å². The van der Waals surface area contributed by atoms with Gasteiger partial charge in [-0.2, -0.15) is 11.3 Å². The van der Waals surface area contributed by atoms with E-state index in [0.29, 0.717) is 17.4 Å². The lowest BCUT2D eigenvalue weighted by Gasteiger charge is -2.23. The summed E-state index contributed by atoms with van der Waals surface area (Å²) < 4.78 is 0. The second kappa shape index (κ2) is 9.20. The van der Waals surface area contributed by atoms with Crippen molar-refractivity contribution >= 4 is 45.7 Å². The van der Waals surface area contributed by atoms with Crippen molar-refractivity contribution in [3.05, 3.63) is 82.7 Å². The van der Waals surface area contributed by atoms with Crippen molar-refractivity contribution in [1.82, 2.24) is 15.0 Å². The van der Waals surface area contributed by atoms with Gasteiger partial charge in [-0.05, 0) is 59.0 Å². The molecule has 0 aliphatic carbocycles. The molecule has 0 aliphatic rings. The van der Waals surface area contributed by atoms with Gasteiger partial charge < -0.3 is 20.1 Å². The quantitative estimate of drug-likeness (QED) is 0.210. The summed E-state index contributed by atoms with van der Waals surface area (Å²) in [4.78, 5) is 27.4. The molecule has 2 aromatic carbocycles. The first-order chi connectivity index (χ1) is 16.5. The summed E-state index contributed by atoms with van der Waals surface area (Å²) in [5, 5.41) is 25.4. The highest BCUT2D eigenvalue weighted by Crippen LogP contribution is 2.31. The van der Waals surface area contributed by atoms with Crippen molar-refractivity contribution in [2.75, 3.05) is 11.2 Å². The van der Waals surface area contributed by atoms with Crippen LogP contribution in [0.25, 0.3) is 22.3 Å². The molecular formula is C25H20N4O3S2. The van der Waals surface area contributed by atoms with Crippen LogP contribution < -0.4 is 4.90 Å². The van der Waals surface area contributed by atoms with Gasteiger partial charge in [-0.3, -0.25) is 4.79 Å². The zero-order valence-corrected chi connectivity index (χ0v) is 19.7. The van der Waals surface area contributed by atoms with Gasteiger partial charge in [0, 0.05) is 28.9 Å². The first kappa shape index (κ1) is 22.0.